The van der Waals surface area contributed by atoms with Crippen LogP contribution in [0.5, 0.6) is 0 Å². The summed E-state index contributed by atoms with van der Waals surface area (Å²) in [5, 5.41) is 14.8. The summed E-state index contributed by atoms with van der Waals surface area (Å²) >= 11 is 0. The fraction of sp³-hybridized carbons (Fsp3) is 0. The minimum atomic E-state index is 0.689. The van der Waals surface area contributed by atoms with Crippen LogP contribution in [-0.4, -0.2) is 4.98 Å². The number of aromatic nitrogens is 1. The van der Waals surface area contributed by atoms with Crippen LogP contribution >= 0.6 is 0 Å². The summed E-state index contributed by atoms with van der Waals surface area (Å²) in [6.07, 6.45) is 1.95. The number of hydrogen-bond acceptors (Lipinski definition) is 6. The van der Waals surface area contributed by atoms with Gasteiger partial charge in [-0.2, -0.15) is 0 Å². The number of benzene rings is 11. The largest absolute Gasteiger partial charge is 0.456 e. The summed E-state index contributed by atoms with van der Waals surface area (Å²) < 4.78 is 19.8. The van der Waals surface area contributed by atoms with E-state index in [2.05, 4.69) is 204 Å². The molecule has 322 valence electrons. The highest BCUT2D eigenvalue weighted by molar-refractivity contribution is 6.10. The molecule has 6 heteroatoms. The molecule has 4 aromatic heterocycles. The van der Waals surface area contributed by atoms with E-state index in [1.807, 2.05) is 30.5 Å². The third-order valence-electron chi connectivity index (χ3n) is 13.9. The predicted molar refractivity (Wildman–Crippen MR) is 285 cm³/mol. The Balaban J connectivity index is 0.887. The number of pyridine rings is 1. The highest BCUT2D eigenvalue weighted by Crippen LogP contribution is 2.44. The molecule has 0 spiro atoms. The molecule has 15 rings (SSSR count). The number of furan rings is 3. The van der Waals surface area contributed by atoms with E-state index in [1.54, 1.807) is 0 Å². The molecular weight excluding hydrogens is 847 g/mol. The zero-order chi connectivity index (χ0) is 45.2. The number of nitrogens with zero attached hydrogens (tertiary/aromatic N) is 3. The Kier molecular flexibility index (Phi) is 7.97. The summed E-state index contributed by atoms with van der Waals surface area (Å²) in [4.78, 5) is 9.69. The first-order valence-corrected chi connectivity index (χ1v) is 23.2. The third-order valence-corrected chi connectivity index (χ3v) is 13.9. The van der Waals surface area contributed by atoms with Crippen molar-refractivity contribution in [2.24, 2.45) is 0 Å². The highest BCUT2D eigenvalue weighted by Gasteiger charge is 2.22. The van der Waals surface area contributed by atoms with Crippen molar-refractivity contribution in [2.75, 3.05) is 9.80 Å². The van der Waals surface area contributed by atoms with Gasteiger partial charge < -0.3 is 23.1 Å². The van der Waals surface area contributed by atoms with Gasteiger partial charge in [-0.25, -0.2) is 4.98 Å². The number of anilines is 6. The lowest BCUT2D eigenvalue weighted by atomic mass is 10.0. The van der Waals surface area contributed by atoms with Gasteiger partial charge in [0.2, 0.25) is 0 Å². The van der Waals surface area contributed by atoms with Gasteiger partial charge in [0.05, 0.1) is 11.9 Å². The molecule has 11 aromatic carbocycles. The zero-order valence-electron chi connectivity index (χ0n) is 36.9. The molecule has 69 heavy (non-hydrogen) atoms. The number of para-hydroxylation sites is 2. The molecule has 0 N–H and O–H groups in total. The van der Waals surface area contributed by atoms with Crippen LogP contribution in [0.3, 0.4) is 0 Å². The van der Waals surface area contributed by atoms with Crippen molar-refractivity contribution in [1.82, 2.24) is 4.98 Å². The van der Waals surface area contributed by atoms with Crippen molar-refractivity contribution in [2.45, 2.75) is 0 Å². The van der Waals surface area contributed by atoms with Gasteiger partial charge in [0.25, 0.3) is 0 Å². The number of hydrogen-bond donors (Lipinski definition) is 0. The van der Waals surface area contributed by atoms with E-state index >= 15 is 0 Å². The lowest BCUT2D eigenvalue weighted by Crippen LogP contribution is -2.10. The van der Waals surface area contributed by atoms with Gasteiger partial charge in [-0.15, -0.1) is 0 Å². The molecule has 0 saturated heterocycles. The quantitative estimate of drug-likeness (QED) is 0.155. The first-order chi connectivity index (χ1) is 34.1. The lowest BCUT2D eigenvalue weighted by Gasteiger charge is -2.26. The van der Waals surface area contributed by atoms with Crippen LogP contribution in [0.4, 0.5) is 34.1 Å². The van der Waals surface area contributed by atoms with Crippen molar-refractivity contribution >= 4 is 143 Å². The topological polar surface area (TPSA) is 58.8 Å². The molecular formula is C63H37N3O3. The van der Waals surface area contributed by atoms with Crippen LogP contribution in [-0.2, 0) is 0 Å². The molecule has 0 radical (unpaired) electrons. The highest BCUT2D eigenvalue weighted by atomic mass is 16.3. The fourth-order valence-corrected chi connectivity index (χ4v) is 10.6. The second kappa shape index (κ2) is 14.6. The number of fused-ring (bicyclic) bond motifs is 13. The second-order valence-corrected chi connectivity index (χ2v) is 18.0. The van der Waals surface area contributed by atoms with Crippen molar-refractivity contribution in [3.8, 4) is 0 Å². The zero-order valence-corrected chi connectivity index (χ0v) is 36.9. The van der Waals surface area contributed by atoms with Crippen LogP contribution in [0.1, 0.15) is 0 Å². The summed E-state index contributed by atoms with van der Waals surface area (Å²) in [6.45, 7) is 0. The average Bonchev–Trinajstić information content (AvgIpc) is 4.08. The molecule has 0 saturated carbocycles. The Morgan fingerprint density at radius 2 is 0.594 bits per heavy atom. The van der Waals surface area contributed by atoms with E-state index in [-0.39, 0.29) is 0 Å². The van der Waals surface area contributed by atoms with E-state index in [9.17, 15) is 0 Å². The Hall–Kier alpha value is -9.39. The Morgan fingerprint density at radius 3 is 1.12 bits per heavy atom. The van der Waals surface area contributed by atoms with Gasteiger partial charge in [0.1, 0.15) is 33.4 Å². The summed E-state index contributed by atoms with van der Waals surface area (Å²) in [5.41, 5.74) is 11.3. The van der Waals surface area contributed by atoms with E-state index in [0.717, 1.165) is 105 Å². The minimum absolute atomic E-state index is 0.689. The van der Waals surface area contributed by atoms with Crippen LogP contribution < -0.4 is 9.80 Å². The van der Waals surface area contributed by atoms with Crippen molar-refractivity contribution in [3.63, 3.8) is 0 Å². The molecule has 0 unspecified atom stereocenters. The summed E-state index contributed by atoms with van der Waals surface area (Å²) in [5.74, 6) is 0. The van der Waals surface area contributed by atoms with Gasteiger partial charge in [-0.1, -0.05) is 97.1 Å². The fourth-order valence-electron chi connectivity index (χ4n) is 10.6. The maximum atomic E-state index is 6.88. The molecule has 0 aliphatic carbocycles. The SMILES string of the molecule is c1ccc2cc3cc(N(c4ccc5c(c4)oc4ccccc45)c4ccc5c(c4)oc4cc(N(c6ccc7cc8ccccc8cc7c6)c6ccc7c(c6)oc6ccccc67)cnc45)ccc3cc2c1. The summed E-state index contributed by atoms with van der Waals surface area (Å²) in [7, 11) is 0. The standard InChI is InChI=1S/C63H37N3O3/c1-3-11-40-29-44-31-46(19-17-42(44)27-38(40)9-1)65(48-21-24-54-52-13-5-7-15-57(52)67-59(54)33-48)49-23-26-56-61(35-49)69-62-36-51(37-64-63(56)62)66(50-22-25-55-53-14-6-8-16-58(53)68-60(55)34-50)47-20-18-43-28-39-10-2-4-12-41(39)30-45(43)32-47/h1-37H. The van der Waals surface area contributed by atoms with E-state index in [1.165, 1.54) is 32.3 Å². The normalized spacial score (nSPS) is 12.1. The van der Waals surface area contributed by atoms with Gasteiger partial charge in [0, 0.05) is 79.6 Å². The van der Waals surface area contributed by atoms with Crippen LogP contribution in [0.25, 0.3) is 109 Å². The van der Waals surface area contributed by atoms with Gasteiger partial charge in [0.15, 0.2) is 5.58 Å². The van der Waals surface area contributed by atoms with Gasteiger partial charge >= 0.3 is 0 Å². The van der Waals surface area contributed by atoms with E-state index in [4.69, 9.17) is 18.2 Å². The summed E-state index contributed by atoms with van der Waals surface area (Å²) in [6, 6.07) is 77.3. The maximum absolute atomic E-state index is 6.88. The first kappa shape index (κ1) is 37.8. The van der Waals surface area contributed by atoms with Crippen molar-refractivity contribution in [3.05, 3.63) is 225 Å². The maximum Gasteiger partial charge on any atom is 0.155 e. The minimum Gasteiger partial charge on any atom is -0.456 e. The monoisotopic (exact) mass is 883 g/mol. The van der Waals surface area contributed by atoms with Crippen LogP contribution in [0.15, 0.2) is 238 Å². The van der Waals surface area contributed by atoms with E-state index in [0.29, 0.717) is 5.58 Å². The molecule has 0 atom stereocenters. The number of rotatable bonds is 6. The Labute approximate surface area is 394 Å². The predicted octanol–water partition coefficient (Wildman–Crippen LogP) is 18.3. The van der Waals surface area contributed by atoms with Crippen molar-refractivity contribution < 1.29 is 13.3 Å². The first-order valence-electron chi connectivity index (χ1n) is 23.2. The Bertz CT molecular complexity index is 4310. The lowest BCUT2D eigenvalue weighted by molar-refractivity contribution is 0.668. The Morgan fingerprint density at radius 1 is 0.246 bits per heavy atom. The van der Waals surface area contributed by atoms with Gasteiger partial charge in [-0.05, 0) is 140 Å². The molecule has 0 aliphatic rings. The smallest absolute Gasteiger partial charge is 0.155 e. The molecule has 4 heterocycles. The van der Waals surface area contributed by atoms with Crippen LogP contribution in [0, 0.1) is 0 Å². The van der Waals surface area contributed by atoms with Crippen LogP contribution in [0.2, 0.25) is 0 Å². The van der Waals surface area contributed by atoms with E-state index < -0.39 is 0 Å². The molecule has 6 nitrogen and oxygen atoms in total. The molecule has 0 fully saturated rings. The second-order valence-electron chi connectivity index (χ2n) is 18.0. The molecule has 0 bridgehead atoms. The molecule has 0 aliphatic heterocycles. The average molecular weight is 884 g/mol. The van der Waals surface area contributed by atoms with Gasteiger partial charge in [-0.3, -0.25) is 0 Å². The molecule has 15 aromatic rings. The van der Waals surface area contributed by atoms with Crippen molar-refractivity contribution in [1.29, 1.82) is 0 Å². The molecule has 0 amide bonds. The third kappa shape index (κ3) is 6.02.